The number of hydrogen-bond donors (Lipinski definition) is 1. The lowest BCUT2D eigenvalue weighted by Crippen LogP contribution is -2.06. The molecule has 1 aromatic heterocycles. The smallest absolute Gasteiger partial charge is 0.293 e. The summed E-state index contributed by atoms with van der Waals surface area (Å²) in [7, 11) is 0. The molecule has 78 valence electrons. The molecule has 0 spiro atoms. The molecule has 0 saturated carbocycles. The molecule has 15 heavy (non-hydrogen) atoms. The van der Waals surface area contributed by atoms with Crippen LogP contribution in [0.1, 0.15) is 16.7 Å². The molecule has 2 rings (SSSR count). The van der Waals surface area contributed by atoms with Crippen molar-refractivity contribution < 1.29 is 14.3 Å². The van der Waals surface area contributed by atoms with Crippen molar-refractivity contribution in [3.05, 3.63) is 21.9 Å². The largest absolute Gasteiger partial charge is 0.359 e. The van der Waals surface area contributed by atoms with Crippen LogP contribution in [0.15, 0.2) is 11.4 Å². The Hall–Kier alpha value is -1.35. The van der Waals surface area contributed by atoms with Crippen molar-refractivity contribution in [2.45, 2.75) is 6.29 Å². The number of thiophene rings is 1. The summed E-state index contributed by atoms with van der Waals surface area (Å²) in [6, 6.07) is 1.84. The molecule has 1 aliphatic heterocycles. The minimum absolute atomic E-state index is 0.279. The Kier molecular flexibility index (Phi) is 3.02. The predicted octanol–water partition coefficient (Wildman–Crippen LogP) is 0.630. The number of carbonyl (C=O) groups excluding carboxylic acids is 1. The number of amides is 1. The van der Waals surface area contributed by atoms with Gasteiger partial charge >= 0.3 is 0 Å². The second-order valence-electron chi connectivity index (χ2n) is 2.93. The molecule has 0 aromatic carbocycles. The van der Waals surface area contributed by atoms with Crippen molar-refractivity contribution in [1.29, 1.82) is 0 Å². The van der Waals surface area contributed by atoms with Crippen LogP contribution in [0.25, 0.3) is 0 Å². The first-order valence-corrected chi connectivity index (χ1v) is 5.27. The van der Waals surface area contributed by atoms with E-state index in [4.69, 9.17) is 15.2 Å². The number of primary amides is 1. The Balaban J connectivity index is 2.10. The van der Waals surface area contributed by atoms with E-state index in [0.717, 1.165) is 10.4 Å². The van der Waals surface area contributed by atoms with Crippen LogP contribution in [0, 0.1) is 11.8 Å². The summed E-state index contributed by atoms with van der Waals surface area (Å²) in [5, 5.41) is 1.84. The number of ether oxygens (including phenoxy) is 2. The molecule has 0 bridgehead atoms. The van der Waals surface area contributed by atoms with Gasteiger partial charge in [-0.25, -0.2) is 0 Å². The van der Waals surface area contributed by atoms with Crippen LogP contribution in [0.4, 0.5) is 0 Å². The topological polar surface area (TPSA) is 61.6 Å². The Morgan fingerprint density at radius 1 is 1.53 bits per heavy atom. The standard InChI is InChI=1S/C10H9NO3S/c11-9(12)2-1-7-5-8(15-6-7)10-13-3-4-14-10/h5-6,10H,3-4H2,(H2,11,12). The molecule has 1 aromatic rings. The third-order valence-corrected chi connectivity index (χ3v) is 2.76. The Morgan fingerprint density at radius 2 is 2.27 bits per heavy atom. The van der Waals surface area contributed by atoms with Gasteiger partial charge < -0.3 is 15.2 Å². The minimum Gasteiger partial charge on any atom is -0.359 e. The second kappa shape index (κ2) is 4.45. The van der Waals surface area contributed by atoms with Crippen molar-refractivity contribution >= 4 is 17.2 Å². The van der Waals surface area contributed by atoms with Crippen LogP contribution in [-0.4, -0.2) is 19.1 Å². The van der Waals surface area contributed by atoms with Gasteiger partial charge in [0, 0.05) is 16.9 Å². The number of rotatable bonds is 1. The van der Waals surface area contributed by atoms with Crippen molar-refractivity contribution in [2.75, 3.05) is 13.2 Å². The molecule has 1 fully saturated rings. The van der Waals surface area contributed by atoms with Crippen LogP contribution in [0.3, 0.4) is 0 Å². The lowest BCUT2D eigenvalue weighted by molar-refractivity contribution is -0.112. The van der Waals surface area contributed by atoms with E-state index in [2.05, 4.69) is 11.8 Å². The van der Waals surface area contributed by atoms with Gasteiger partial charge in [-0.2, -0.15) is 0 Å². The Labute approximate surface area is 91.0 Å². The molecule has 0 atom stereocenters. The van der Waals surface area contributed by atoms with Crippen LogP contribution < -0.4 is 5.73 Å². The third kappa shape index (κ3) is 2.57. The fourth-order valence-corrected chi connectivity index (χ4v) is 2.03. The number of nitrogens with two attached hydrogens (primary N) is 1. The number of carbonyl (C=O) groups is 1. The highest BCUT2D eigenvalue weighted by Gasteiger charge is 2.19. The fourth-order valence-electron chi connectivity index (χ4n) is 1.20. The maximum Gasteiger partial charge on any atom is 0.293 e. The van der Waals surface area contributed by atoms with E-state index >= 15 is 0 Å². The van der Waals surface area contributed by atoms with E-state index in [-0.39, 0.29) is 6.29 Å². The minimum atomic E-state index is -0.629. The van der Waals surface area contributed by atoms with E-state index in [9.17, 15) is 4.79 Å². The average molecular weight is 223 g/mol. The van der Waals surface area contributed by atoms with Crippen molar-refractivity contribution in [3.63, 3.8) is 0 Å². The number of hydrogen-bond acceptors (Lipinski definition) is 4. The summed E-state index contributed by atoms with van der Waals surface area (Å²) in [6.07, 6.45) is -0.279. The molecule has 0 radical (unpaired) electrons. The molecule has 0 aliphatic carbocycles. The highest BCUT2D eigenvalue weighted by atomic mass is 32.1. The molecule has 0 unspecified atom stereocenters. The first-order valence-electron chi connectivity index (χ1n) is 4.39. The summed E-state index contributed by atoms with van der Waals surface area (Å²) in [6.45, 7) is 1.23. The molecule has 1 aliphatic rings. The second-order valence-corrected chi connectivity index (χ2v) is 3.87. The van der Waals surface area contributed by atoms with Crippen LogP contribution >= 0.6 is 11.3 Å². The van der Waals surface area contributed by atoms with E-state index in [1.54, 1.807) is 0 Å². The van der Waals surface area contributed by atoms with Gasteiger partial charge in [-0.15, -0.1) is 11.3 Å². The molecule has 2 heterocycles. The van der Waals surface area contributed by atoms with Gasteiger partial charge in [-0.3, -0.25) is 4.79 Å². The van der Waals surface area contributed by atoms with Crippen LogP contribution in [-0.2, 0) is 14.3 Å². The van der Waals surface area contributed by atoms with E-state index < -0.39 is 5.91 Å². The monoisotopic (exact) mass is 223 g/mol. The maximum atomic E-state index is 10.4. The third-order valence-electron chi connectivity index (χ3n) is 1.80. The molecular formula is C10H9NO3S. The summed E-state index contributed by atoms with van der Waals surface area (Å²) in [4.78, 5) is 11.4. The molecule has 4 nitrogen and oxygen atoms in total. The summed E-state index contributed by atoms with van der Waals surface area (Å²) in [5.41, 5.74) is 5.67. The summed E-state index contributed by atoms with van der Waals surface area (Å²) >= 11 is 1.49. The van der Waals surface area contributed by atoms with E-state index in [1.165, 1.54) is 11.3 Å². The van der Waals surface area contributed by atoms with Gasteiger partial charge in [0.25, 0.3) is 5.91 Å². The van der Waals surface area contributed by atoms with Gasteiger partial charge in [0.15, 0.2) is 6.29 Å². The van der Waals surface area contributed by atoms with Gasteiger partial charge in [0.05, 0.1) is 18.1 Å². The molecular weight excluding hydrogens is 214 g/mol. The molecule has 1 saturated heterocycles. The fraction of sp³-hybridized carbons (Fsp3) is 0.300. The quantitative estimate of drug-likeness (QED) is 0.710. The normalized spacial score (nSPS) is 16.0. The van der Waals surface area contributed by atoms with Gasteiger partial charge in [0.2, 0.25) is 0 Å². The summed E-state index contributed by atoms with van der Waals surface area (Å²) in [5.74, 6) is 4.31. The van der Waals surface area contributed by atoms with Gasteiger partial charge in [0.1, 0.15) is 0 Å². The lowest BCUT2D eigenvalue weighted by atomic mass is 10.3. The van der Waals surface area contributed by atoms with Crippen LogP contribution in [0.5, 0.6) is 0 Å². The molecule has 1 amide bonds. The lowest BCUT2D eigenvalue weighted by Gasteiger charge is -2.03. The first kappa shape index (κ1) is 10.2. The Bertz CT molecular complexity index is 423. The highest BCUT2D eigenvalue weighted by Crippen LogP contribution is 2.28. The zero-order valence-corrected chi connectivity index (χ0v) is 8.67. The Morgan fingerprint density at radius 3 is 2.93 bits per heavy atom. The van der Waals surface area contributed by atoms with E-state index in [0.29, 0.717) is 13.2 Å². The van der Waals surface area contributed by atoms with Crippen molar-refractivity contribution in [1.82, 2.24) is 0 Å². The summed E-state index contributed by atoms with van der Waals surface area (Å²) < 4.78 is 10.7. The van der Waals surface area contributed by atoms with Crippen molar-refractivity contribution in [2.24, 2.45) is 5.73 Å². The highest BCUT2D eigenvalue weighted by molar-refractivity contribution is 7.10. The first-order chi connectivity index (χ1) is 7.25. The van der Waals surface area contributed by atoms with Gasteiger partial charge in [-0.05, 0) is 6.07 Å². The van der Waals surface area contributed by atoms with E-state index in [1.807, 2.05) is 11.4 Å². The average Bonchev–Trinajstić information content (AvgIpc) is 2.85. The zero-order chi connectivity index (χ0) is 10.7. The predicted molar refractivity (Wildman–Crippen MR) is 55.0 cm³/mol. The van der Waals surface area contributed by atoms with Gasteiger partial charge in [-0.1, -0.05) is 5.92 Å². The SMILES string of the molecule is NC(=O)C#Cc1csc(C2OCCO2)c1. The maximum absolute atomic E-state index is 10.4. The molecule has 5 heteroatoms. The van der Waals surface area contributed by atoms with Crippen molar-refractivity contribution in [3.8, 4) is 11.8 Å². The molecule has 2 N–H and O–H groups in total. The zero-order valence-electron chi connectivity index (χ0n) is 7.86. The van der Waals surface area contributed by atoms with Crippen LogP contribution in [0.2, 0.25) is 0 Å².